The fourth-order valence-corrected chi connectivity index (χ4v) is 5.46. The van der Waals surface area contributed by atoms with Gasteiger partial charge in [0.05, 0.1) is 12.1 Å². The van der Waals surface area contributed by atoms with E-state index in [1.807, 2.05) is 10.6 Å². The molecule has 1 fully saturated rings. The molecule has 1 unspecified atom stereocenters. The molecule has 0 saturated heterocycles. The summed E-state index contributed by atoms with van der Waals surface area (Å²) in [6.45, 7) is 4.32. The molecule has 0 amide bonds. The number of benzene rings is 1. The highest BCUT2D eigenvalue weighted by atomic mass is 35.5. The van der Waals surface area contributed by atoms with Gasteiger partial charge in [0.25, 0.3) is 0 Å². The first-order valence-electron chi connectivity index (χ1n) is 12.4. The van der Waals surface area contributed by atoms with Crippen molar-refractivity contribution < 1.29 is 9.13 Å². The number of halogens is 2. The molecule has 1 aliphatic rings. The van der Waals surface area contributed by atoms with Crippen molar-refractivity contribution in [1.29, 1.82) is 5.26 Å². The highest BCUT2D eigenvalue weighted by Gasteiger charge is 2.39. The second-order valence-corrected chi connectivity index (χ2v) is 10.4. The first-order valence-corrected chi connectivity index (χ1v) is 12.8. The van der Waals surface area contributed by atoms with E-state index >= 15 is 4.39 Å². The van der Waals surface area contributed by atoms with Gasteiger partial charge in [-0.15, -0.1) is 0 Å². The van der Waals surface area contributed by atoms with Crippen LogP contribution in [0.25, 0.3) is 22.4 Å². The third-order valence-electron chi connectivity index (χ3n) is 7.29. The lowest BCUT2D eigenvalue weighted by atomic mass is 9.83. The molecular formula is C28H28ClFN6O. The first kappa shape index (κ1) is 25.1. The van der Waals surface area contributed by atoms with Crippen molar-refractivity contribution in [1.82, 2.24) is 24.5 Å². The fourth-order valence-electron chi connectivity index (χ4n) is 5.29. The van der Waals surface area contributed by atoms with Crippen LogP contribution in [0.1, 0.15) is 56.7 Å². The quantitative estimate of drug-likeness (QED) is 0.290. The molecule has 1 aliphatic carbocycles. The van der Waals surface area contributed by atoms with Crippen LogP contribution in [0.15, 0.2) is 42.7 Å². The standard InChI is InChI=1S/C28H28ClFN6O/c1-17-8-10-18(11-9-17)16-36-25-24(19-12-20(29)15-32-14-19)33-23(13-31)34-26(25)35-27(36)28(2,30)21-6-4-5-7-22(21)37-3/h4-7,12,14-15,17-18H,8-11,16H2,1-3H3. The summed E-state index contributed by atoms with van der Waals surface area (Å²) in [5.74, 6) is 1.61. The summed E-state index contributed by atoms with van der Waals surface area (Å²) in [6, 6.07) is 10.8. The Labute approximate surface area is 220 Å². The highest BCUT2D eigenvalue weighted by molar-refractivity contribution is 6.30. The summed E-state index contributed by atoms with van der Waals surface area (Å²) in [6.07, 6.45) is 7.51. The molecular weight excluding hydrogens is 491 g/mol. The van der Waals surface area contributed by atoms with Crippen molar-refractivity contribution in [3.63, 3.8) is 0 Å². The van der Waals surface area contributed by atoms with Crippen LogP contribution in [0.3, 0.4) is 0 Å². The van der Waals surface area contributed by atoms with Crippen molar-refractivity contribution in [2.24, 2.45) is 11.8 Å². The van der Waals surface area contributed by atoms with Crippen LogP contribution in [0.2, 0.25) is 5.02 Å². The number of aromatic nitrogens is 5. The Balaban J connectivity index is 1.78. The minimum atomic E-state index is -2.01. The molecule has 5 rings (SSSR count). The maximum Gasteiger partial charge on any atom is 0.234 e. The van der Waals surface area contributed by atoms with Crippen LogP contribution in [-0.2, 0) is 12.2 Å². The molecule has 1 saturated carbocycles. The molecule has 4 aromatic rings. The average molecular weight is 519 g/mol. The highest BCUT2D eigenvalue weighted by Crippen LogP contribution is 2.42. The summed E-state index contributed by atoms with van der Waals surface area (Å²) in [7, 11) is 1.52. The second kappa shape index (κ2) is 10.1. The van der Waals surface area contributed by atoms with Crippen LogP contribution in [0.4, 0.5) is 4.39 Å². The van der Waals surface area contributed by atoms with E-state index in [4.69, 9.17) is 21.3 Å². The summed E-state index contributed by atoms with van der Waals surface area (Å²) in [5.41, 5.74) is 0.251. The molecule has 0 radical (unpaired) electrons. The zero-order valence-corrected chi connectivity index (χ0v) is 21.8. The van der Waals surface area contributed by atoms with Gasteiger partial charge in [0, 0.05) is 30.1 Å². The predicted octanol–water partition coefficient (Wildman–Crippen LogP) is 6.48. The lowest BCUT2D eigenvalue weighted by Gasteiger charge is -2.29. The van der Waals surface area contributed by atoms with Crippen LogP contribution in [0, 0.1) is 23.2 Å². The van der Waals surface area contributed by atoms with Crippen LogP contribution >= 0.6 is 11.6 Å². The molecule has 0 bridgehead atoms. The summed E-state index contributed by atoms with van der Waals surface area (Å²) < 4.78 is 24.4. The molecule has 1 aromatic carbocycles. The summed E-state index contributed by atoms with van der Waals surface area (Å²) in [5, 5.41) is 10.1. The number of methoxy groups -OCH3 is 1. The molecule has 9 heteroatoms. The monoisotopic (exact) mass is 518 g/mol. The van der Waals surface area contributed by atoms with Gasteiger partial charge in [-0.25, -0.2) is 14.4 Å². The largest absolute Gasteiger partial charge is 0.496 e. The van der Waals surface area contributed by atoms with Crippen LogP contribution in [0.5, 0.6) is 5.75 Å². The Bertz CT molecular complexity index is 1490. The molecule has 3 aromatic heterocycles. The normalized spacial score (nSPS) is 19.4. The van der Waals surface area contributed by atoms with Gasteiger partial charge >= 0.3 is 0 Å². The second-order valence-electron chi connectivity index (χ2n) is 9.95. The Hall–Kier alpha value is -3.57. The third-order valence-corrected chi connectivity index (χ3v) is 7.50. The summed E-state index contributed by atoms with van der Waals surface area (Å²) >= 11 is 6.25. The van der Waals surface area contributed by atoms with Gasteiger partial charge in [-0.05, 0) is 43.7 Å². The van der Waals surface area contributed by atoms with Gasteiger partial charge < -0.3 is 9.30 Å². The van der Waals surface area contributed by atoms with E-state index < -0.39 is 5.67 Å². The van der Waals surface area contributed by atoms with Crippen LogP contribution in [-0.4, -0.2) is 31.6 Å². The van der Waals surface area contributed by atoms with Gasteiger partial charge in [0.2, 0.25) is 5.82 Å². The number of nitrogens with zero attached hydrogens (tertiary/aromatic N) is 6. The predicted molar refractivity (Wildman–Crippen MR) is 140 cm³/mol. The zero-order chi connectivity index (χ0) is 26.2. The SMILES string of the molecule is COc1ccccc1C(C)(F)c1nc2nc(C#N)nc(-c3cncc(Cl)c3)c2n1CC1CCC(C)CC1. The number of nitriles is 1. The van der Waals surface area contributed by atoms with Gasteiger partial charge in [-0.1, -0.05) is 49.6 Å². The van der Waals surface area contributed by atoms with E-state index in [0.29, 0.717) is 51.5 Å². The molecule has 190 valence electrons. The lowest BCUT2D eigenvalue weighted by Crippen LogP contribution is -2.26. The molecule has 3 heterocycles. The minimum Gasteiger partial charge on any atom is -0.496 e. The average Bonchev–Trinajstić information content (AvgIpc) is 3.28. The summed E-state index contributed by atoms with van der Waals surface area (Å²) in [4.78, 5) is 17.8. The minimum absolute atomic E-state index is 0.0528. The molecule has 1 atom stereocenters. The van der Waals surface area contributed by atoms with E-state index in [1.165, 1.54) is 20.2 Å². The first-order chi connectivity index (χ1) is 17.8. The number of fused-ring (bicyclic) bond motifs is 1. The maximum absolute atomic E-state index is 17.0. The number of hydrogen-bond donors (Lipinski definition) is 0. The number of para-hydroxylation sites is 1. The molecule has 0 aliphatic heterocycles. The Morgan fingerprint density at radius 3 is 2.62 bits per heavy atom. The maximum atomic E-state index is 17.0. The van der Waals surface area contributed by atoms with Gasteiger partial charge in [-0.3, -0.25) is 4.98 Å². The van der Waals surface area contributed by atoms with Crippen molar-refractivity contribution in [3.05, 3.63) is 65.0 Å². The van der Waals surface area contributed by atoms with Crippen molar-refractivity contribution in [2.75, 3.05) is 7.11 Å². The Morgan fingerprint density at radius 1 is 1.16 bits per heavy atom. The molecule has 0 N–H and O–H groups in total. The van der Waals surface area contributed by atoms with Crippen molar-refractivity contribution >= 4 is 22.8 Å². The number of rotatable bonds is 6. The van der Waals surface area contributed by atoms with Gasteiger partial charge in [0.1, 0.15) is 23.0 Å². The smallest absolute Gasteiger partial charge is 0.234 e. The van der Waals surface area contributed by atoms with Gasteiger partial charge in [0.15, 0.2) is 17.1 Å². The number of ether oxygens (including phenoxy) is 1. The van der Waals surface area contributed by atoms with E-state index in [-0.39, 0.29) is 17.3 Å². The van der Waals surface area contributed by atoms with E-state index in [1.54, 1.807) is 36.5 Å². The fraction of sp³-hybridized carbons (Fsp3) is 0.393. The topological polar surface area (TPSA) is 89.5 Å². The number of hydrogen-bond acceptors (Lipinski definition) is 6. The Kier molecular flexibility index (Phi) is 6.82. The number of alkyl halides is 1. The number of imidazole rings is 1. The zero-order valence-electron chi connectivity index (χ0n) is 21.1. The van der Waals surface area contributed by atoms with E-state index in [2.05, 4.69) is 21.9 Å². The molecule has 0 spiro atoms. The number of pyridine rings is 1. The van der Waals surface area contributed by atoms with E-state index in [9.17, 15) is 5.26 Å². The third kappa shape index (κ3) is 4.76. The Morgan fingerprint density at radius 2 is 1.92 bits per heavy atom. The van der Waals surface area contributed by atoms with Crippen LogP contribution < -0.4 is 4.74 Å². The molecule has 37 heavy (non-hydrogen) atoms. The van der Waals surface area contributed by atoms with Crippen molar-refractivity contribution in [2.45, 2.75) is 51.7 Å². The van der Waals surface area contributed by atoms with Crippen molar-refractivity contribution in [3.8, 4) is 23.1 Å². The lowest BCUT2D eigenvalue weighted by molar-refractivity contribution is 0.209. The molecule has 7 nitrogen and oxygen atoms in total. The van der Waals surface area contributed by atoms with Gasteiger partial charge in [-0.2, -0.15) is 10.2 Å². The van der Waals surface area contributed by atoms with E-state index in [0.717, 1.165) is 25.7 Å².